The first-order chi connectivity index (χ1) is 11.9. The maximum absolute atomic E-state index is 13.2. The number of rotatable bonds is 3. The van der Waals surface area contributed by atoms with Gasteiger partial charge in [-0.15, -0.1) is 0 Å². The quantitative estimate of drug-likeness (QED) is 0.669. The molecule has 0 aromatic rings. The van der Waals surface area contributed by atoms with Gasteiger partial charge in [-0.25, -0.2) is 0 Å². The molecule has 25 heavy (non-hydrogen) atoms. The van der Waals surface area contributed by atoms with Crippen molar-refractivity contribution < 1.29 is 9.59 Å². The topological polar surface area (TPSA) is 34.1 Å². The largest absolute Gasteiger partial charge is 0.300 e. The Bertz CT molecular complexity index is 566. The Morgan fingerprint density at radius 3 is 2.48 bits per heavy atom. The monoisotopic (exact) mass is 344 g/mol. The molecule has 0 N–H and O–H groups in total. The average molecular weight is 345 g/mol. The number of hydrogen-bond donors (Lipinski definition) is 0. The van der Waals surface area contributed by atoms with Gasteiger partial charge >= 0.3 is 0 Å². The number of fused-ring (bicyclic) bond motifs is 5. The molecular weight excluding hydrogens is 308 g/mol. The van der Waals surface area contributed by atoms with E-state index in [1.807, 2.05) is 0 Å². The van der Waals surface area contributed by atoms with Crippen molar-refractivity contribution in [2.45, 2.75) is 91.4 Å². The molecule has 2 nitrogen and oxygen atoms in total. The van der Waals surface area contributed by atoms with Crippen LogP contribution in [0.3, 0.4) is 0 Å². The van der Waals surface area contributed by atoms with Crippen molar-refractivity contribution in [3.05, 3.63) is 0 Å². The first-order valence-electron chi connectivity index (χ1n) is 10.9. The number of carbonyl (C=O) groups excluding carboxylic acids is 2. The molecule has 4 aliphatic rings. The highest BCUT2D eigenvalue weighted by Crippen LogP contribution is 2.66. The Balaban J connectivity index is 1.61. The molecule has 0 heterocycles. The molecule has 4 aliphatic carbocycles. The maximum atomic E-state index is 13.2. The summed E-state index contributed by atoms with van der Waals surface area (Å²) < 4.78 is 0. The molecule has 0 bridgehead atoms. The zero-order valence-corrected chi connectivity index (χ0v) is 16.5. The molecule has 0 aromatic carbocycles. The Kier molecular flexibility index (Phi) is 4.40. The minimum Gasteiger partial charge on any atom is -0.300 e. The maximum Gasteiger partial charge on any atom is 0.136 e. The molecule has 7 atom stereocenters. The van der Waals surface area contributed by atoms with E-state index in [9.17, 15) is 9.59 Å². The second-order valence-corrected chi connectivity index (χ2v) is 10.3. The lowest BCUT2D eigenvalue weighted by molar-refractivity contribution is -0.158. The van der Waals surface area contributed by atoms with Crippen LogP contribution < -0.4 is 0 Å². The van der Waals surface area contributed by atoms with Crippen molar-refractivity contribution in [2.24, 2.45) is 40.4 Å². The highest BCUT2D eigenvalue weighted by Gasteiger charge is 2.62. The number of hydrogen-bond acceptors (Lipinski definition) is 2. The van der Waals surface area contributed by atoms with Crippen molar-refractivity contribution in [3.8, 4) is 0 Å². The summed E-state index contributed by atoms with van der Waals surface area (Å²) in [5.74, 6) is 3.57. The van der Waals surface area contributed by atoms with Gasteiger partial charge in [0.05, 0.1) is 0 Å². The highest BCUT2D eigenvalue weighted by atomic mass is 16.1. The van der Waals surface area contributed by atoms with Gasteiger partial charge in [0.25, 0.3) is 0 Å². The molecule has 2 unspecified atom stereocenters. The molecule has 0 amide bonds. The van der Waals surface area contributed by atoms with E-state index >= 15 is 0 Å². The molecule has 4 fully saturated rings. The van der Waals surface area contributed by atoms with Gasteiger partial charge in [0, 0.05) is 25.2 Å². The van der Waals surface area contributed by atoms with Crippen molar-refractivity contribution in [2.75, 3.05) is 0 Å². The summed E-state index contributed by atoms with van der Waals surface area (Å²) in [5, 5.41) is 0. The summed E-state index contributed by atoms with van der Waals surface area (Å²) in [6.45, 7) is 7.25. The van der Waals surface area contributed by atoms with Crippen molar-refractivity contribution in [1.82, 2.24) is 0 Å². The van der Waals surface area contributed by atoms with E-state index in [1.54, 1.807) is 0 Å². The van der Waals surface area contributed by atoms with Crippen LogP contribution in [0, 0.1) is 40.4 Å². The van der Waals surface area contributed by atoms with E-state index < -0.39 is 0 Å². The molecule has 0 saturated heterocycles. The summed E-state index contributed by atoms with van der Waals surface area (Å²) in [4.78, 5) is 25.2. The van der Waals surface area contributed by atoms with E-state index in [4.69, 9.17) is 0 Å². The first kappa shape index (κ1) is 17.7. The Hall–Kier alpha value is -0.660. The molecule has 0 radical (unpaired) electrons. The molecular formula is C23H36O2. The molecule has 0 spiro atoms. The fourth-order valence-electron chi connectivity index (χ4n) is 7.76. The lowest BCUT2D eigenvalue weighted by Gasteiger charge is -2.59. The summed E-state index contributed by atoms with van der Waals surface area (Å²) in [6, 6.07) is 0. The number of carbonyl (C=O) groups is 2. The van der Waals surface area contributed by atoms with E-state index in [-0.39, 0.29) is 5.41 Å². The molecule has 2 heteroatoms. The second kappa shape index (κ2) is 6.20. The van der Waals surface area contributed by atoms with Crippen LogP contribution in [0.4, 0.5) is 0 Å². The minimum atomic E-state index is 0.245. The third-order valence-electron chi connectivity index (χ3n) is 9.39. The van der Waals surface area contributed by atoms with E-state index in [1.165, 1.54) is 44.9 Å². The van der Waals surface area contributed by atoms with Crippen LogP contribution in [-0.2, 0) is 9.59 Å². The summed E-state index contributed by atoms with van der Waals surface area (Å²) >= 11 is 0. The van der Waals surface area contributed by atoms with Gasteiger partial charge in [-0.1, -0.05) is 33.6 Å². The lowest BCUT2D eigenvalue weighted by atomic mass is 9.44. The van der Waals surface area contributed by atoms with E-state index in [0.29, 0.717) is 53.5 Å². The van der Waals surface area contributed by atoms with Crippen LogP contribution in [0.25, 0.3) is 0 Å². The van der Waals surface area contributed by atoms with Crippen LogP contribution in [0.1, 0.15) is 91.4 Å². The zero-order valence-electron chi connectivity index (χ0n) is 16.5. The first-order valence-corrected chi connectivity index (χ1v) is 10.9. The van der Waals surface area contributed by atoms with Gasteiger partial charge in [-0.2, -0.15) is 0 Å². The van der Waals surface area contributed by atoms with Crippen molar-refractivity contribution >= 4 is 11.6 Å². The smallest absolute Gasteiger partial charge is 0.136 e. The Morgan fingerprint density at radius 1 is 0.960 bits per heavy atom. The standard InChI is InChI=1S/C23H36O2/c1-4-5-6-15-7-8-18-21-19(10-12-22(15,18)2)23(3)11-9-17(24)13-16(23)14-20(21)25/h15-16,18-19,21H,4-14H2,1-3H3/t15-,16-,18?,19?,21-,22+,23-/m0/s1. The normalized spacial score (nSPS) is 49.5. The minimum absolute atomic E-state index is 0.245. The van der Waals surface area contributed by atoms with E-state index in [2.05, 4.69) is 20.8 Å². The van der Waals surface area contributed by atoms with Crippen LogP contribution in [0.2, 0.25) is 0 Å². The number of unbranched alkanes of at least 4 members (excludes halogenated alkanes) is 1. The lowest BCUT2D eigenvalue weighted by Crippen LogP contribution is -2.56. The highest BCUT2D eigenvalue weighted by molar-refractivity contribution is 5.86. The van der Waals surface area contributed by atoms with Gasteiger partial charge in [0.2, 0.25) is 0 Å². The van der Waals surface area contributed by atoms with Gasteiger partial charge in [-0.3, -0.25) is 9.59 Å². The predicted octanol–water partition coefficient (Wildman–Crippen LogP) is 5.58. The van der Waals surface area contributed by atoms with Crippen LogP contribution >= 0.6 is 0 Å². The fraction of sp³-hybridized carbons (Fsp3) is 0.913. The molecule has 140 valence electrons. The third kappa shape index (κ3) is 2.57. The van der Waals surface area contributed by atoms with Crippen molar-refractivity contribution in [1.29, 1.82) is 0 Å². The van der Waals surface area contributed by atoms with E-state index in [0.717, 1.165) is 18.8 Å². The summed E-state index contributed by atoms with van der Waals surface area (Å²) in [5.41, 5.74) is 0.648. The van der Waals surface area contributed by atoms with Gasteiger partial charge in [0.15, 0.2) is 0 Å². The predicted molar refractivity (Wildman–Crippen MR) is 100 cm³/mol. The van der Waals surface area contributed by atoms with Gasteiger partial charge in [0.1, 0.15) is 11.6 Å². The van der Waals surface area contributed by atoms with Crippen LogP contribution in [-0.4, -0.2) is 11.6 Å². The van der Waals surface area contributed by atoms with Crippen LogP contribution in [0.15, 0.2) is 0 Å². The Morgan fingerprint density at radius 2 is 1.72 bits per heavy atom. The molecule has 4 saturated carbocycles. The molecule has 0 aliphatic heterocycles. The van der Waals surface area contributed by atoms with Gasteiger partial charge < -0.3 is 0 Å². The fourth-order valence-corrected chi connectivity index (χ4v) is 7.76. The molecule has 4 rings (SSSR count). The number of Topliss-reactive ketones (excluding diaryl/α,β-unsaturated/α-hetero) is 2. The molecule has 0 aromatic heterocycles. The SMILES string of the molecule is CCCC[C@H]1CCC2[C@@H]3C(=O)C[C@@H]4CC(=O)CC[C@]4(C)C3CC[C@@]21C. The summed E-state index contributed by atoms with van der Waals surface area (Å²) in [7, 11) is 0. The summed E-state index contributed by atoms with van der Waals surface area (Å²) in [6.07, 6.45) is 12.3. The average Bonchev–Trinajstić information content (AvgIpc) is 2.91. The van der Waals surface area contributed by atoms with Crippen LogP contribution in [0.5, 0.6) is 0 Å². The number of ketones is 2. The van der Waals surface area contributed by atoms with Gasteiger partial charge in [-0.05, 0) is 73.0 Å². The second-order valence-electron chi connectivity index (χ2n) is 10.3. The zero-order chi connectivity index (χ0) is 17.8. The third-order valence-corrected chi connectivity index (χ3v) is 9.39. The Labute approximate surface area is 153 Å². The van der Waals surface area contributed by atoms with Crippen molar-refractivity contribution in [3.63, 3.8) is 0 Å².